The Kier molecular flexibility index (Phi) is 5.40. The Bertz CT molecular complexity index is 881. The molecule has 3 amide bonds. The monoisotopic (exact) mass is 367 g/mol. The molecule has 2 aromatic rings. The number of hydrogen-bond acceptors (Lipinski definition) is 4. The largest absolute Gasteiger partial charge is 0.449 e. The van der Waals surface area contributed by atoms with E-state index in [9.17, 15) is 14.4 Å². The van der Waals surface area contributed by atoms with Crippen LogP contribution in [0.2, 0.25) is 0 Å². The number of nitrogens with zero attached hydrogens (tertiary/aromatic N) is 1. The van der Waals surface area contributed by atoms with Crippen molar-refractivity contribution >= 4 is 23.6 Å². The second kappa shape index (κ2) is 7.90. The molecule has 0 spiro atoms. The van der Waals surface area contributed by atoms with E-state index in [0.29, 0.717) is 18.8 Å². The number of nitrogens with two attached hydrogens (primary N) is 1. The van der Waals surface area contributed by atoms with E-state index in [1.54, 1.807) is 30.0 Å². The van der Waals surface area contributed by atoms with Gasteiger partial charge >= 0.3 is 12.0 Å². The molecule has 0 saturated heterocycles. The van der Waals surface area contributed by atoms with Crippen molar-refractivity contribution in [2.24, 2.45) is 5.73 Å². The Labute approximate surface area is 157 Å². The number of ether oxygens (including phenoxy) is 1. The van der Waals surface area contributed by atoms with Gasteiger partial charge in [-0.05, 0) is 42.7 Å². The first-order chi connectivity index (χ1) is 12.9. The minimum atomic E-state index is -0.907. The van der Waals surface area contributed by atoms with E-state index >= 15 is 0 Å². The number of hydrogen-bond donors (Lipinski definition) is 2. The molecule has 140 valence electrons. The average molecular weight is 367 g/mol. The number of benzene rings is 2. The third-order valence-electron chi connectivity index (χ3n) is 4.44. The molecule has 3 N–H and O–H groups in total. The minimum Gasteiger partial charge on any atom is -0.449 e. The van der Waals surface area contributed by atoms with E-state index in [1.165, 1.54) is 11.6 Å². The molecule has 1 atom stereocenters. The molecule has 7 nitrogen and oxygen atoms in total. The molecule has 0 unspecified atom stereocenters. The summed E-state index contributed by atoms with van der Waals surface area (Å²) in [6, 6.07) is 13.5. The van der Waals surface area contributed by atoms with Crippen molar-refractivity contribution in [2.45, 2.75) is 26.0 Å². The first-order valence-electron chi connectivity index (χ1n) is 8.67. The normalized spacial score (nSPS) is 14.0. The molecule has 0 aliphatic carbocycles. The van der Waals surface area contributed by atoms with Gasteiger partial charge in [0.1, 0.15) is 0 Å². The van der Waals surface area contributed by atoms with Gasteiger partial charge in [0.15, 0.2) is 6.10 Å². The van der Waals surface area contributed by atoms with Crippen LogP contribution in [0.3, 0.4) is 0 Å². The lowest BCUT2D eigenvalue weighted by atomic mass is 9.99. The number of fused-ring (bicyclic) bond motifs is 1. The lowest BCUT2D eigenvalue weighted by molar-refractivity contribution is -0.140. The predicted octanol–water partition coefficient (Wildman–Crippen LogP) is 2.31. The second-order valence-electron chi connectivity index (χ2n) is 6.40. The Morgan fingerprint density at radius 2 is 1.85 bits per heavy atom. The summed E-state index contributed by atoms with van der Waals surface area (Å²) in [5, 5.41) is 2.39. The van der Waals surface area contributed by atoms with Gasteiger partial charge in [-0.15, -0.1) is 0 Å². The van der Waals surface area contributed by atoms with Gasteiger partial charge in [0, 0.05) is 18.8 Å². The van der Waals surface area contributed by atoms with Crippen LogP contribution in [0.15, 0.2) is 48.5 Å². The Morgan fingerprint density at radius 3 is 2.59 bits per heavy atom. The SMILES string of the molecule is C[C@@H](OC(=O)c1cccc(NC(N)=O)c1)C(=O)N1CCc2ccccc2C1. The van der Waals surface area contributed by atoms with Gasteiger partial charge in [-0.25, -0.2) is 9.59 Å². The van der Waals surface area contributed by atoms with E-state index in [4.69, 9.17) is 10.5 Å². The van der Waals surface area contributed by atoms with Crippen LogP contribution in [-0.2, 0) is 22.5 Å². The van der Waals surface area contributed by atoms with Gasteiger partial charge < -0.3 is 20.7 Å². The number of esters is 1. The quantitative estimate of drug-likeness (QED) is 0.810. The fourth-order valence-corrected chi connectivity index (χ4v) is 3.09. The van der Waals surface area contributed by atoms with E-state index in [0.717, 1.165) is 12.0 Å². The molecular formula is C20H21N3O4. The number of nitrogens with one attached hydrogen (secondary N) is 1. The Morgan fingerprint density at radius 1 is 1.11 bits per heavy atom. The maximum atomic E-state index is 12.7. The summed E-state index contributed by atoms with van der Waals surface area (Å²) >= 11 is 0. The summed E-state index contributed by atoms with van der Waals surface area (Å²) in [5.74, 6) is -0.870. The third-order valence-corrected chi connectivity index (χ3v) is 4.44. The van der Waals surface area contributed by atoms with Gasteiger partial charge in [0.25, 0.3) is 5.91 Å². The molecular weight excluding hydrogens is 346 g/mol. The molecule has 27 heavy (non-hydrogen) atoms. The number of urea groups is 1. The van der Waals surface area contributed by atoms with Crippen molar-refractivity contribution in [3.05, 3.63) is 65.2 Å². The van der Waals surface area contributed by atoms with Crippen LogP contribution < -0.4 is 11.1 Å². The number of carbonyl (C=O) groups excluding carboxylic acids is 3. The zero-order chi connectivity index (χ0) is 19.4. The van der Waals surface area contributed by atoms with Crippen LogP contribution in [0.25, 0.3) is 0 Å². The zero-order valence-electron chi connectivity index (χ0n) is 15.0. The van der Waals surface area contributed by atoms with Crippen molar-refractivity contribution in [3.8, 4) is 0 Å². The fourth-order valence-electron chi connectivity index (χ4n) is 3.09. The molecule has 3 rings (SSSR count). The molecule has 1 heterocycles. The summed E-state index contributed by atoms with van der Waals surface area (Å²) < 4.78 is 5.33. The summed E-state index contributed by atoms with van der Waals surface area (Å²) in [6.45, 7) is 2.66. The van der Waals surface area contributed by atoms with Crippen molar-refractivity contribution in [2.75, 3.05) is 11.9 Å². The molecule has 0 bridgehead atoms. The number of amides is 3. The van der Waals surface area contributed by atoms with Gasteiger partial charge in [-0.1, -0.05) is 30.3 Å². The highest BCUT2D eigenvalue weighted by molar-refractivity contribution is 5.95. The van der Waals surface area contributed by atoms with Crippen molar-refractivity contribution in [1.82, 2.24) is 4.90 Å². The van der Waals surface area contributed by atoms with Gasteiger partial charge in [-0.2, -0.15) is 0 Å². The topological polar surface area (TPSA) is 102 Å². The van der Waals surface area contributed by atoms with Crippen LogP contribution in [-0.4, -0.2) is 35.5 Å². The maximum Gasteiger partial charge on any atom is 0.338 e. The molecule has 0 aromatic heterocycles. The average Bonchev–Trinajstić information content (AvgIpc) is 2.66. The van der Waals surface area contributed by atoms with Gasteiger partial charge in [-0.3, -0.25) is 4.79 Å². The number of rotatable bonds is 4. The lowest BCUT2D eigenvalue weighted by Crippen LogP contribution is -2.42. The second-order valence-corrected chi connectivity index (χ2v) is 6.40. The fraction of sp³-hybridized carbons (Fsp3) is 0.250. The lowest BCUT2D eigenvalue weighted by Gasteiger charge is -2.30. The summed E-state index contributed by atoms with van der Waals surface area (Å²) in [6.07, 6.45) is -0.126. The van der Waals surface area contributed by atoms with Crippen molar-refractivity contribution < 1.29 is 19.1 Å². The van der Waals surface area contributed by atoms with E-state index in [1.807, 2.05) is 18.2 Å². The standard InChI is InChI=1S/C20H21N3O4/c1-13(18(24)23-10-9-14-5-2-3-6-16(14)12-23)27-19(25)15-7-4-8-17(11-15)22-20(21)26/h2-8,11,13H,9-10,12H2,1H3,(H3,21,22,26)/t13-/m1/s1. The maximum absolute atomic E-state index is 12.7. The third kappa shape index (κ3) is 4.44. The smallest absolute Gasteiger partial charge is 0.338 e. The molecule has 0 radical (unpaired) electrons. The number of carbonyl (C=O) groups is 3. The van der Waals surface area contributed by atoms with Crippen LogP contribution >= 0.6 is 0 Å². The van der Waals surface area contributed by atoms with Crippen molar-refractivity contribution in [3.63, 3.8) is 0 Å². The molecule has 0 saturated carbocycles. The minimum absolute atomic E-state index is 0.227. The van der Waals surface area contributed by atoms with Crippen LogP contribution in [0.4, 0.5) is 10.5 Å². The first kappa shape index (κ1) is 18.4. The Balaban J connectivity index is 1.63. The van der Waals surface area contributed by atoms with E-state index in [-0.39, 0.29) is 11.5 Å². The molecule has 1 aliphatic rings. The van der Waals surface area contributed by atoms with Gasteiger partial charge in [0.05, 0.1) is 5.56 Å². The summed E-state index contributed by atoms with van der Waals surface area (Å²) in [7, 11) is 0. The summed E-state index contributed by atoms with van der Waals surface area (Å²) in [4.78, 5) is 37.6. The molecule has 7 heteroatoms. The van der Waals surface area contributed by atoms with Gasteiger partial charge in [0.2, 0.25) is 0 Å². The Hall–Kier alpha value is -3.35. The van der Waals surface area contributed by atoms with Crippen LogP contribution in [0, 0.1) is 0 Å². The highest BCUT2D eigenvalue weighted by Gasteiger charge is 2.27. The number of primary amides is 1. The first-order valence-corrected chi connectivity index (χ1v) is 8.67. The molecule has 2 aromatic carbocycles. The van der Waals surface area contributed by atoms with Crippen LogP contribution in [0.1, 0.15) is 28.4 Å². The summed E-state index contributed by atoms with van der Waals surface area (Å²) in [5.41, 5.74) is 8.03. The van der Waals surface area contributed by atoms with E-state index in [2.05, 4.69) is 11.4 Å². The highest BCUT2D eigenvalue weighted by Crippen LogP contribution is 2.20. The molecule has 0 fully saturated rings. The predicted molar refractivity (Wildman–Crippen MR) is 100 cm³/mol. The zero-order valence-corrected chi connectivity index (χ0v) is 15.0. The van der Waals surface area contributed by atoms with E-state index < -0.39 is 18.1 Å². The molecule has 1 aliphatic heterocycles. The van der Waals surface area contributed by atoms with Crippen molar-refractivity contribution in [1.29, 1.82) is 0 Å². The highest BCUT2D eigenvalue weighted by atomic mass is 16.5. The number of anilines is 1. The van der Waals surface area contributed by atoms with Crippen LogP contribution in [0.5, 0.6) is 0 Å².